The lowest BCUT2D eigenvalue weighted by Crippen LogP contribution is -2.26. The Labute approximate surface area is 110 Å². The van der Waals surface area contributed by atoms with Crippen LogP contribution in [0.2, 0.25) is 0 Å². The van der Waals surface area contributed by atoms with Crippen molar-refractivity contribution in [2.24, 2.45) is 0 Å². The highest BCUT2D eigenvalue weighted by molar-refractivity contribution is 9.10. The van der Waals surface area contributed by atoms with E-state index in [9.17, 15) is 4.79 Å². The van der Waals surface area contributed by atoms with Gasteiger partial charge in [0.2, 0.25) is 0 Å². The average molecular weight is 301 g/mol. The minimum absolute atomic E-state index is 0.165. The number of amides is 1. The Morgan fingerprint density at radius 1 is 1.59 bits per heavy atom. The fourth-order valence-electron chi connectivity index (χ4n) is 1.23. The fraction of sp³-hybridized carbons (Fsp3) is 0.500. The standard InChI is InChI=1S/C12H17BrN2O2/c1-9(2)17-8-4-7-15-12(16)11-10(13)5-3-6-14-11/h3,5-6,9H,4,7-8H2,1-2H3,(H,15,16). The first-order valence-corrected chi connectivity index (χ1v) is 6.41. The summed E-state index contributed by atoms with van der Waals surface area (Å²) in [7, 11) is 0. The van der Waals surface area contributed by atoms with E-state index in [2.05, 4.69) is 26.2 Å². The van der Waals surface area contributed by atoms with Crippen molar-refractivity contribution < 1.29 is 9.53 Å². The number of carbonyl (C=O) groups excluding carboxylic acids is 1. The zero-order valence-corrected chi connectivity index (χ0v) is 11.7. The van der Waals surface area contributed by atoms with E-state index < -0.39 is 0 Å². The van der Waals surface area contributed by atoms with Crippen molar-refractivity contribution in [3.8, 4) is 0 Å². The average Bonchev–Trinajstić information content (AvgIpc) is 2.28. The van der Waals surface area contributed by atoms with Gasteiger partial charge in [-0.15, -0.1) is 0 Å². The third-order valence-corrected chi connectivity index (χ3v) is 2.67. The maximum absolute atomic E-state index is 11.7. The van der Waals surface area contributed by atoms with Gasteiger partial charge >= 0.3 is 0 Å². The minimum Gasteiger partial charge on any atom is -0.379 e. The molecule has 1 aromatic heterocycles. The first-order chi connectivity index (χ1) is 8.11. The molecule has 0 aliphatic heterocycles. The molecule has 0 bridgehead atoms. The number of rotatable bonds is 6. The van der Waals surface area contributed by atoms with Crippen LogP contribution in [-0.4, -0.2) is 30.1 Å². The highest BCUT2D eigenvalue weighted by Gasteiger charge is 2.09. The molecule has 0 aliphatic rings. The molecule has 0 unspecified atom stereocenters. The van der Waals surface area contributed by atoms with Crippen molar-refractivity contribution >= 4 is 21.8 Å². The second-order valence-corrected chi connectivity index (χ2v) is 4.72. The van der Waals surface area contributed by atoms with Crippen LogP contribution in [0.25, 0.3) is 0 Å². The Hall–Kier alpha value is -0.940. The van der Waals surface area contributed by atoms with Gasteiger partial charge in [0.25, 0.3) is 5.91 Å². The quantitative estimate of drug-likeness (QED) is 0.821. The molecular formula is C12H17BrN2O2. The molecule has 0 aromatic carbocycles. The summed E-state index contributed by atoms with van der Waals surface area (Å²) in [6.45, 7) is 5.23. The molecular weight excluding hydrogens is 284 g/mol. The summed E-state index contributed by atoms with van der Waals surface area (Å²) >= 11 is 3.29. The molecule has 1 amide bonds. The monoisotopic (exact) mass is 300 g/mol. The molecule has 0 saturated carbocycles. The molecule has 0 aliphatic carbocycles. The van der Waals surface area contributed by atoms with Gasteiger partial charge in [-0.25, -0.2) is 4.98 Å². The van der Waals surface area contributed by atoms with Crippen LogP contribution in [0.4, 0.5) is 0 Å². The second-order valence-electron chi connectivity index (χ2n) is 3.86. The number of halogens is 1. The lowest BCUT2D eigenvalue weighted by molar-refractivity contribution is 0.0756. The fourth-order valence-corrected chi connectivity index (χ4v) is 1.66. The molecule has 1 heterocycles. The van der Waals surface area contributed by atoms with E-state index in [1.807, 2.05) is 13.8 Å². The van der Waals surface area contributed by atoms with Crippen molar-refractivity contribution in [3.05, 3.63) is 28.5 Å². The van der Waals surface area contributed by atoms with Gasteiger partial charge in [0.15, 0.2) is 0 Å². The predicted molar refractivity (Wildman–Crippen MR) is 70.0 cm³/mol. The molecule has 0 spiro atoms. The Morgan fingerprint density at radius 3 is 3.00 bits per heavy atom. The maximum atomic E-state index is 11.7. The highest BCUT2D eigenvalue weighted by atomic mass is 79.9. The van der Waals surface area contributed by atoms with Crippen LogP contribution in [-0.2, 0) is 4.74 Å². The summed E-state index contributed by atoms with van der Waals surface area (Å²) in [6.07, 6.45) is 2.63. The van der Waals surface area contributed by atoms with E-state index in [1.165, 1.54) is 0 Å². The molecule has 0 atom stereocenters. The van der Waals surface area contributed by atoms with E-state index in [1.54, 1.807) is 18.3 Å². The number of hydrogen-bond acceptors (Lipinski definition) is 3. The molecule has 4 nitrogen and oxygen atoms in total. The number of aromatic nitrogens is 1. The number of hydrogen-bond donors (Lipinski definition) is 1. The Balaban J connectivity index is 2.29. The smallest absolute Gasteiger partial charge is 0.271 e. The van der Waals surface area contributed by atoms with Crippen LogP contribution >= 0.6 is 15.9 Å². The van der Waals surface area contributed by atoms with Crippen LogP contribution in [0, 0.1) is 0 Å². The van der Waals surface area contributed by atoms with Crippen LogP contribution in [0.1, 0.15) is 30.8 Å². The predicted octanol–water partition coefficient (Wildman–Crippen LogP) is 2.39. The van der Waals surface area contributed by atoms with E-state index in [-0.39, 0.29) is 12.0 Å². The SMILES string of the molecule is CC(C)OCCCNC(=O)c1ncccc1Br. The summed E-state index contributed by atoms with van der Waals surface area (Å²) in [5.74, 6) is -0.165. The van der Waals surface area contributed by atoms with Gasteiger partial charge in [-0.05, 0) is 48.3 Å². The molecule has 5 heteroatoms. The van der Waals surface area contributed by atoms with Crippen molar-refractivity contribution in [1.29, 1.82) is 0 Å². The van der Waals surface area contributed by atoms with Gasteiger partial charge in [-0.1, -0.05) is 0 Å². The van der Waals surface area contributed by atoms with Crippen molar-refractivity contribution in [2.75, 3.05) is 13.2 Å². The third-order valence-electron chi connectivity index (χ3n) is 2.03. The van der Waals surface area contributed by atoms with E-state index >= 15 is 0 Å². The second kappa shape index (κ2) is 7.40. The Morgan fingerprint density at radius 2 is 2.35 bits per heavy atom. The van der Waals surface area contributed by atoms with Crippen LogP contribution in [0.3, 0.4) is 0 Å². The van der Waals surface area contributed by atoms with E-state index in [0.29, 0.717) is 23.3 Å². The Kier molecular flexibility index (Phi) is 6.15. The molecule has 17 heavy (non-hydrogen) atoms. The molecule has 0 radical (unpaired) electrons. The van der Waals surface area contributed by atoms with Gasteiger partial charge < -0.3 is 10.1 Å². The highest BCUT2D eigenvalue weighted by Crippen LogP contribution is 2.12. The molecule has 0 fully saturated rings. The summed E-state index contributed by atoms with van der Waals surface area (Å²) in [6, 6.07) is 3.57. The molecule has 94 valence electrons. The van der Waals surface area contributed by atoms with Gasteiger partial charge in [-0.3, -0.25) is 4.79 Å². The summed E-state index contributed by atoms with van der Waals surface area (Å²) in [5.41, 5.74) is 0.414. The van der Waals surface area contributed by atoms with Crippen molar-refractivity contribution in [1.82, 2.24) is 10.3 Å². The topological polar surface area (TPSA) is 51.2 Å². The summed E-state index contributed by atoms with van der Waals surface area (Å²) in [5, 5.41) is 2.80. The normalized spacial score (nSPS) is 10.6. The molecule has 1 N–H and O–H groups in total. The van der Waals surface area contributed by atoms with Gasteiger partial charge in [0.05, 0.1) is 6.10 Å². The lowest BCUT2D eigenvalue weighted by atomic mass is 10.3. The molecule has 0 saturated heterocycles. The maximum Gasteiger partial charge on any atom is 0.271 e. The summed E-state index contributed by atoms with van der Waals surface area (Å²) < 4.78 is 6.08. The van der Waals surface area contributed by atoms with Crippen LogP contribution in [0.15, 0.2) is 22.8 Å². The molecule has 1 aromatic rings. The minimum atomic E-state index is -0.165. The largest absolute Gasteiger partial charge is 0.379 e. The van der Waals surface area contributed by atoms with Gasteiger partial charge in [0, 0.05) is 23.8 Å². The lowest BCUT2D eigenvalue weighted by Gasteiger charge is -2.08. The zero-order valence-electron chi connectivity index (χ0n) is 10.1. The number of ether oxygens (including phenoxy) is 1. The first kappa shape index (κ1) is 14.1. The van der Waals surface area contributed by atoms with Gasteiger partial charge in [-0.2, -0.15) is 0 Å². The molecule has 1 rings (SSSR count). The number of nitrogens with one attached hydrogen (secondary N) is 1. The van der Waals surface area contributed by atoms with Gasteiger partial charge in [0.1, 0.15) is 5.69 Å². The number of carbonyl (C=O) groups is 1. The van der Waals surface area contributed by atoms with E-state index in [4.69, 9.17) is 4.74 Å². The van der Waals surface area contributed by atoms with Crippen LogP contribution in [0.5, 0.6) is 0 Å². The van der Waals surface area contributed by atoms with Crippen molar-refractivity contribution in [3.63, 3.8) is 0 Å². The summed E-state index contributed by atoms with van der Waals surface area (Å²) in [4.78, 5) is 15.7. The number of pyridine rings is 1. The van der Waals surface area contributed by atoms with E-state index in [0.717, 1.165) is 6.42 Å². The van der Waals surface area contributed by atoms with Crippen molar-refractivity contribution in [2.45, 2.75) is 26.4 Å². The first-order valence-electron chi connectivity index (χ1n) is 5.61. The zero-order chi connectivity index (χ0) is 12.7. The number of nitrogens with zero attached hydrogens (tertiary/aromatic N) is 1. The third kappa shape index (κ3) is 5.28. The van der Waals surface area contributed by atoms with Crippen LogP contribution < -0.4 is 5.32 Å². The Bertz CT molecular complexity index is 369.